The summed E-state index contributed by atoms with van der Waals surface area (Å²) in [5.74, 6) is 0. The first-order valence-corrected chi connectivity index (χ1v) is 11.8. The van der Waals surface area contributed by atoms with Crippen LogP contribution in [0.2, 0.25) is 0 Å². The molecule has 6 nitrogen and oxygen atoms in total. The van der Waals surface area contributed by atoms with Crippen molar-refractivity contribution < 1.29 is 59.9 Å². The van der Waals surface area contributed by atoms with Crippen LogP contribution < -0.4 is 0 Å². The van der Waals surface area contributed by atoms with Crippen LogP contribution >= 0.6 is 15.2 Å². The second-order valence-corrected chi connectivity index (χ2v) is 10.4. The summed E-state index contributed by atoms with van der Waals surface area (Å²) in [6.45, 7) is 14.0. The van der Waals surface area contributed by atoms with Crippen molar-refractivity contribution in [2.75, 3.05) is 26.4 Å². The van der Waals surface area contributed by atoms with Crippen LogP contribution in [-0.2, 0) is 66.4 Å². The van der Waals surface area contributed by atoms with E-state index in [9.17, 15) is 9.13 Å². The Morgan fingerprint density at radius 2 is 1.14 bits per heavy atom. The molecule has 0 fully saturated rings. The Morgan fingerprint density at radius 1 is 0.793 bits per heavy atom. The SMILES string of the molecule is C=CCOP(=O)(OCC=C)C(Cc1cc[c-]cc1)P(=O)(OCC=C)OCC=C.[Y]. The van der Waals surface area contributed by atoms with Crippen molar-refractivity contribution in [2.45, 2.75) is 11.8 Å². The minimum absolute atomic E-state index is 0. The molecular formula is C20H27O6P2Y-. The topological polar surface area (TPSA) is 71.1 Å². The number of hydrogen-bond donors (Lipinski definition) is 0. The smallest absolute Gasteiger partial charge is 0.304 e. The molecular weight excluding hydrogens is 487 g/mol. The van der Waals surface area contributed by atoms with Gasteiger partial charge in [-0.2, -0.15) is 35.9 Å². The molecule has 0 bridgehead atoms. The van der Waals surface area contributed by atoms with Crippen molar-refractivity contribution in [3.63, 3.8) is 0 Å². The van der Waals surface area contributed by atoms with Gasteiger partial charge in [-0.05, 0) is 6.42 Å². The van der Waals surface area contributed by atoms with E-state index in [0.29, 0.717) is 0 Å². The molecule has 1 aromatic rings. The predicted octanol–water partition coefficient (Wildman–Crippen LogP) is 5.55. The van der Waals surface area contributed by atoms with Gasteiger partial charge in [-0.1, -0.05) is 24.3 Å². The monoisotopic (exact) mass is 514 g/mol. The third-order valence-corrected chi connectivity index (χ3v) is 8.98. The average molecular weight is 514 g/mol. The first kappa shape index (κ1) is 28.6. The third-order valence-electron chi connectivity index (χ3n) is 3.42. The van der Waals surface area contributed by atoms with Gasteiger partial charge in [0, 0.05) is 32.7 Å². The van der Waals surface area contributed by atoms with Gasteiger partial charge in [0.05, 0.1) is 26.4 Å². The van der Waals surface area contributed by atoms with E-state index in [2.05, 4.69) is 32.4 Å². The van der Waals surface area contributed by atoms with Crippen molar-refractivity contribution in [1.82, 2.24) is 0 Å². The Bertz CT molecular complexity index is 664. The quantitative estimate of drug-likeness (QED) is 0.164. The molecule has 0 N–H and O–H groups in total. The average Bonchev–Trinajstić information content (AvgIpc) is 2.72. The summed E-state index contributed by atoms with van der Waals surface area (Å²) in [7, 11) is -7.93. The van der Waals surface area contributed by atoms with E-state index in [1.807, 2.05) is 0 Å². The van der Waals surface area contributed by atoms with E-state index in [1.54, 1.807) is 24.3 Å². The van der Waals surface area contributed by atoms with E-state index in [-0.39, 0.29) is 65.6 Å². The maximum absolute atomic E-state index is 13.7. The molecule has 0 aliphatic carbocycles. The predicted molar refractivity (Wildman–Crippen MR) is 113 cm³/mol. The van der Waals surface area contributed by atoms with Gasteiger partial charge in [-0.15, -0.1) is 26.3 Å². The fourth-order valence-corrected chi connectivity index (χ4v) is 7.35. The molecule has 0 aliphatic heterocycles. The number of hydrogen-bond acceptors (Lipinski definition) is 6. The van der Waals surface area contributed by atoms with Crippen LogP contribution in [-0.4, -0.2) is 31.8 Å². The summed E-state index contributed by atoms with van der Waals surface area (Å²) in [5, 5.41) is -1.21. The van der Waals surface area contributed by atoms with E-state index in [1.165, 1.54) is 24.3 Å². The second kappa shape index (κ2) is 15.4. The largest absolute Gasteiger partial charge is 0.346 e. The molecule has 1 radical (unpaired) electrons. The summed E-state index contributed by atoms with van der Waals surface area (Å²) >= 11 is 0. The van der Waals surface area contributed by atoms with E-state index in [4.69, 9.17) is 18.1 Å². The summed E-state index contributed by atoms with van der Waals surface area (Å²) in [6.07, 6.45) is 5.79. The second-order valence-electron chi connectivity index (χ2n) is 5.51. The van der Waals surface area contributed by atoms with Gasteiger partial charge in [-0.3, -0.25) is 9.13 Å². The summed E-state index contributed by atoms with van der Waals surface area (Å²) in [4.78, 5) is 0. The first-order chi connectivity index (χ1) is 13.5. The molecule has 0 aliphatic rings. The fraction of sp³-hybridized carbons (Fsp3) is 0.300. The van der Waals surface area contributed by atoms with Gasteiger partial charge in [0.2, 0.25) is 0 Å². The molecule has 1 rings (SSSR count). The first-order valence-electron chi connectivity index (χ1n) is 8.62. The Hall–Kier alpha value is -0.416. The number of benzene rings is 1. The maximum atomic E-state index is 13.7. The Balaban J connectivity index is 0.00000784. The van der Waals surface area contributed by atoms with E-state index in [0.717, 1.165) is 5.56 Å². The Morgan fingerprint density at radius 3 is 1.45 bits per heavy atom. The van der Waals surface area contributed by atoms with Crippen molar-refractivity contribution >= 4 is 15.2 Å². The fourth-order valence-electron chi connectivity index (χ4n) is 2.21. The van der Waals surface area contributed by atoms with Crippen LogP contribution in [0.25, 0.3) is 0 Å². The zero-order valence-electron chi connectivity index (χ0n) is 16.5. The zero-order valence-corrected chi connectivity index (χ0v) is 21.1. The van der Waals surface area contributed by atoms with Crippen LogP contribution in [0.4, 0.5) is 0 Å². The van der Waals surface area contributed by atoms with Crippen LogP contribution in [0.3, 0.4) is 0 Å². The van der Waals surface area contributed by atoms with Gasteiger partial charge in [0.1, 0.15) is 0 Å². The molecule has 157 valence electrons. The Labute approximate surface area is 199 Å². The summed E-state index contributed by atoms with van der Waals surface area (Å²) < 4.78 is 49.3. The van der Waals surface area contributed by atoms with Crippen molar-refractivity contribution in [3.8, 4) is 0 Å². The zero-order chi connectivity index (χ0) is 20.9. The van der Waals surface area contributed by atoms with Crippen molar-refractivity contribution in [2.24, 2.45) is 0 Å². The number of rotatable bonds is 16. The normalized spacial score (nSPS) is 11.5. The third kappa shape index (κ3) is 9.50. The van der Waals surface area contributed by atoms with Gasteiger partial charge in [-0.25, -0.2) is 0 Å². The summed E-state index contributed by atoms with van der Waals surface area (Å²) in [5.41, 5.74) is 0.748. The molecule has 0 heterocycles. The molecule has 0 amide bonds. The minimum atomic E-state index is -3.96. The molecule has 0 unspecified atom stereocenters. The molecule has 0 aromatic heterocycles. The van der Waals surface area contributed by atoms with E-state index >= 15 is 0 Å². The summed E-state index contributed by atoms with van der Waals surface area (Å²) in [6, 6.07) is 9.84. The molecule has 0 atom stereocenters. The van der Waals surface area contributed by atoms with Gasteiger partial charge in [0.25, 0.3) is 0 Å². The molecule has 0 spiro atoms. The van der Waals surface area contributed by atoms with Gasteiger partial charge >= 0.3 is 15.2 Å². The van der Waals surface area contributed by atoms with Crippen molar-refractivity contribution in [3.05, 3.63) is 86.5 Å². The van der Waals surface area contributed by atoms with Crippen LogP contribution in [0, 0.1) is 6.07 Å². The molecule has 9 heteroatoms. The van der Waals surface area contributed by atoms with Gasteiger partial charge in [0.15, 0.2) is 5.40 Å². The molecule has 1 aromatic carbocycles. The van der Waals surface area contributed by atoms with Crippen LogP contribution in [0.1, 0.15) is 5.56 Å². The minimum Gasteiger partial charge on any atom is -0.304 e. The molecule has 0 saturated carbocycles. The Kier molecular flexibility index (Phi) is 15.2. The van der Waals surface area contributed by atoms with Crippen LogP contribution in [0.5, 0.6) is 0 Å². The van der Waals surface area contributed by atoms with Crippen molar-refractivity contribution in [1.29, 1.82) is 0 Å². The molecule has 29 heavy (non-hydrogen) atoms. The van der Waals surface area contributed by atoms with E-state index < -0.39 is 20.6 Å². The standard InChI is InChI=1S/C20H27O6P2.Y/c1-5-14-23-27(21,24-15-6-2)20(18-19-12-10-9-11-13-19)28(22,25-16-7-3)26-17-8-4;/h5-8,10-13,20H,1-4,14-18H2;/q-1;. The molecule has 0 saturated heterocycles. The van der Waals surface area contributed by atoms with Crippen LogP contribution in [0.15, 0.2) is 74.9 Å². The van der Waals surface area contributed by atoms with Gasteiger partial charge < -0.3 is 18.1 Å². The maximum Gasteiger partial charge on any atom is 0.346 e.